The maximum atomic E-state index is 13.9. The highest BCUT2D eigenvalue weighted by atomic mass is 32.2. The number of hydrogen-bond donors (Lipinski definition) is 2. The van der Waals surface area contributed by atoms with E-state index in [2.05, 4.69) is 25.3 Å². The summed E-state index contributed by atoms with van der Waals surface area (Å²) in [6.07, 6.45) is 0.598. The molecule has 2 aromatic heterocycles. The molecule has 0 radical (unpaired) electrons. The van der Waals surface area contributed by atoms with E-state index in [0.29, 0.717) is 11.3 Å². The van der Waals surface area contributed by atoms with Crippen molar-refractivity contribution in [2.24, 2.45) is 0 Å². The van der Waals surface area contributed by atoms with Gasteiger partial charge < -0.3 is 19.8 Å². The number of fused-ring (bicyclic) bond motifs is 1. The number of hydrogen-bond acceptors (Lipinski definition) is 8. The monoisotopic (exact) mass is 409 g/mol. The molecular weight excluding hydrogens is 392 g/mol. The average Bonchev–Trinajstić information content (AvgIpc) is 2.69. The van der Waals surface area contributed by atoms with Gasteiger partial charge in [-0.25, -0.2) is 23.7 Å². The van der Waals surface area contributed by atoms with Crippen molar-refractivity contribution in [3.63, 3.8) is 0 Å². The van der Waals surface area contributed by atoms with Gasteiger partial charge in [-0.2, -0.15) is 0 Å². The second kappa shape index (κ2) is 9.04. The standard InChI is InChI=1S/C17H17F2N5O3S/c1-26-12(27-2)7-21-15-14-16(22-11(25)6-20-14)24-17(23-15)28-8-9-4-3-5-10(18)13(9)19/h3-6,12H,7-8H2,1-2H3,(H2,21,22,23,24,25). The van der Waals surface area contributed by atoms with Gasteiger partial charge >= 0.3 is 0 Å². The van der Waals surface area contributed by atoms with Crippen LogP contribution in [-0.4, -0.2) is 47.0 Å². The lowest BCUT2D eigenvalue weighted by atomic mass is 10.2. The summed E-state index contributed by atoms with van der Waals surface area (Å²) in [5.74, 6) is -1.37. The third kappa shape index (κ3) is 4.61. The predicted molar refractivity (Wildman–Crippen MR) is 100 cm³/mol. The lowest BCUT2D eigenvalue weighted by molar-refractivity contribution is -0.0914. The Balaban J connectivity index is 1.89. The zero-order valence-corrected chi connectivity index (χ0v) is 15.8. The number of nitrogens with zero attached hydrogens (tertiary/aromatic N) is 3. The van der Waals surface area contributed by atoms with Crippen LogP contribution in [0.1, 0.15) is 5.56 Å². The Morgan fingerprint density at radius 3 is 2.79 bits per heavy atom. The summed E-state index contributed by atoms with van der Waals surface area (Å²) in [5, 5.41) is 3.29. The normalized spacial score (nSPS) is 11.3. The fourth-order valence-corrected chi connectivity index (χ4v) is 3.17. The smallest absolute Gasteiger partial charge is 0.268 e. The van der Waals surface area contributed by atoms with Gasteiger partial charge in [-0.15, -0.1) is 0 Å². The number of methoxy groups -OCH3 is 2. The molecule has 148 valence electrons. The minimum atomic E-state index is -0.918. The molecular formula is C17H17F2N5O3S. The number of anilines is 1. The third-order valence-corrected chi connectivity index (χ3v) is 4.66. The van der Waals surface area contributed by atoms with Crippen molar-refractivity contribution in [3.05, 3.63) is 51.9 Å². The number of aromatic nitrogens is 4. The summed E-state index contributed by atoms with van der Waals surface area (Å²) in [5.41, 5.74) is 0.336. The highest BCUT2D eigenvalue weighted by molar-refractivity contribution is 7.98. The second-order valence-corrected chi connectivity index (χ2v) is 6.53. The van der Waals surface area contributed by atoms with Gasteiger partial charge in [-0.05, 0) is 6.07 Å². The Hall–Kier alpha value is -2.63. The van der Waals surface area contributed by atoms with E-state index in [4.69, 9.17) is 9.47 Å². The highest BCUT2D eigenvalue weighted by Gasteiger charge is 2.14. The Bertz CT molecular complexity index is 1030. The van der Waals surface area contributed by atoms with Crippen LogP contribution < -0.4 is 10.9 Å². The molecule has 0 spiro atoms. The lowest BCUT2D eigenvalue weighted by Gasteiger charge is -2.15. The summed E-state index contributed by atoms with van der Waals surface area (Å²) in [6, 6.07) is 3.97. The number of thioether (sulfide) groups is 1. The lowest BCUT2D eigenvalue weighted by Crippen LogP contribution is -2.24. The van der Waals surface area contributed by atoms with E-state index in [-0.39, 0.29) is 28.7 Å². The molecule has 0 unspecified atom stereocenters. The Morgan fingerprint density at radius 2 is 2.04 bits per heavy atom. The van der Waals surface area contributed by atoms with Crippen LogP contribution in [0.3, 0.4) is 0 Å². The largest absolute Gasteiger partial charge is 0.363 e. The number of ether oxygens (including phenoxy) is 2. The van der Waals surface area contributed by atoms with Crippen LogP contribution in [0.25, 0.3) is 11.2 Å². The average molecular weight is 409 g/mol. The van der Waals surface area contributed by atoms with E-state index in [0.717, 1.165) is 24.0 Å². The third-order valence-electron chi connectivity index (χ3n) is 3.77. The van der Waals surface area contributed by atoms with Gasteiger partial charge in [0, 0.05) is 25.5 Å². The summed E-state index contributed by atoms with van der Waals surface area (Å²) in [7, 11) is 3.00. The molecule has 0 bridgehead atoms. The van der Waals surface area contributed by atoms with Crippen molar-refractivity contribution in [2.45, 2.75) is 17.2 Å². The molecule has 0 fully saturated rings. The first kappa shape index (κ1) is 20.1. The summed E-state index contributed by atoms with van der Waals surface area (Å²) in [6.45, 7) is 0.266. The Morgan fingerprint density at radius 1 is 1.25 bits per heavy atom. The van der Waals surface area contributed by atoms with Crippen molar-refractivity contribution in [3.8, 4) is 0 Å². The van der Waals surface area contributed by atoms with Gasteiger partial charge in [0.15, 0.2) is 34.5 Å². The minimum Gasteiger partial charge on any atom is -0.363 e. The summed E-state index contributed by atoms with van der Waals surface area (Å²) >= 11 is 1.10. The first-order chi connectivity index (χ1) is 13.5. The van der Waals surface area contributed by atoms with Crippen molar-refractivity contribution >= 4 is 28.7 Å². The van der Waals surface area contributed by atoms with Gasteiger partial charge in [-0.3, -0.25) is 4.79 Å². The maximum absolute atomic E-state index is 13.9. The van der Waals surface area contributed by atoms with Crippen LogP contribution in [0.4, 0.5) is 14.6 Å². The molecule has 0 amide bonds. The number of H-pyrrole nitrogens is 1. The molecule has 1 aromatic carbocycles. The SMILES string of the molecule is COC(CNc1nc(SCc2cccc(F)c2F)nc2[nH]c(=O)cnc12)OC. The molecule has 3 aromatic rings. The van der Waals surface area contributed by atoms with E-state index in [9.17, 15) is 13.6 Å². The Kier molecular flexibility index (Phi) is 6.49. The van der Waals surface area contributed by atoms with Crippen LogP contribution in [-0.2, 0) is 15.2 Å². The van der Waals surface area contributed by atoms with Crippen LogP contribution in [0, 0.1) is 11.6 Å². The Labute approximate surface area is 162 Å². The summed E-state index contributed by atoms with van der Waals surface area (Å²) in [4.78, 5) is 26.9. The van der Waals surface area contributed by atoms with E-state index >= 15 is 0 Å². The molecule has 0 aliphatic heterocycles. The van der Waals surface area contributed by atoms with Gasteiger partial charge in [0.05, 0.1) is 12.7 Å². The molecule has 28 heavy (non-hydrogen) atoms. The molecule has 8 nitrogen and oxygen atoms in total. The van der Waals surface area contributed by atoms with Crippen LogP contribution in [0.5, 0.6) is 0 Å². The fourth-order valence-electron chi connectivity index (χ4n) is 2.35. The minimum absolute atomic E-state index is 0.109. The molecule has 0 atom stereocenters. The highest BCUT2D eigenvalue weighted by Crippen LogP contribution is 2.25. The first-order valence-electron chi connectivity index (χ1n) is 8.14. The van der Waals surface area contributed by atoms with E-state index in [1.807, 2.05) is 0 Å². The molecule has 0 saturated heterocycles. The van der Waals surface area contributed by atoms with Crippen molar-refractivity contribution in [1.29, 1.82) is 0 Å². The number of benzene rings is 1. The van der Waals surface area contributed by atoms with Crippen molar-refractivity contribution < 1.29 is 18.3 Å². The molecule has 2 N–H and O–H groups in total. The number of rotatable bonds is 8. The van der Waals surface area contributed by atoms with E-state index in [1.54, 1.807) is 0 Å². The summed E-state index contributed by atoms with van der Waals surface area (Å²) < 4.78 is 37.5. The zero-order chi connectivity index (χ0) is 20.1. The number of halogens is 2. The maximum Gasteiger partial charge on any atom is 0.268 e. The van der Waals surface area contributed by atoms with Gasteiger partial charge in [-0.1, -0.05) is 23.9 Å². The van der Waals surface area contributed by atoms with Gasteiger partial charge in [0.25, 0.3) is 5.56 Å². The van der Waals surface area contributed by atoms with E-state index < -0.39 is 23.5 Å². The van der Waals surface area contributed by atoms with Crippen LogP contribution in [0.2, 0.25) is 0 Å². The molecule has 0 aliphatic rings. The number of nitrogens with one attached hydrogen (secondary N) is 2. The topological polar surface area (TPSA) is 102 Å². The van der Waals surface area contributed by atoms with Crippen molar-refractivity contribution in [2.75, 3.05) is 26.1 Å². The fraction of sp³-hybridized carbons (Fsp3) is 0.294. The van der Waals surface area contributed by atoms with Crippen molar-refractivity contribution in [1.82, 2.24) is 19.9 Å². The predicted octanol–water partition coefficient (Wildman–Crippen LogP) is 2.31. The molecule has 0 saturated carbocycles. The van der Waals surface area contributed by atoms with Crippen LogP contribution in [0.15, 0.2) is 34.3 Å². The van der Waals surface area contributed by atoms with Crippen LogP contribution >= 0.6 is 11.8 Å². The van der Waals surface area contributed by atoms with Gasteiger partial charge in [0.2, 0.25) is 0 Å². The quantitative estimate of drug-likeness (QED) is 0.332. The molecule has 0 aliphatic carbocycles. The second-order valence-electron chi connectivity index (χ2n) is 5.58. The first-order valence-corrected chi connectivity index (χ1v) is 9.12. The number of aromatic amines is 1. The molecule has 2 heterocycles. The zero-order valence-electron chi connectivity index (χ0n) is 15.0. The van der Waals surface area contributed by atoms with Gasteiger partial charge in [0.1, 0.15) is 5.52 Å². The molecule has 11 heteroatoms. The molecule has 3 rings (SSSR count). The van der Waals surface area contributed by atoms with E-state index in [1.165, 1.54) is 26.4 Å².